The van der Waals surface area contributed by atoms with Crippen LogP contribution in [0.1, 0.15) is 68.5 Å². The molecule has 276 valence electrons. The molecule has 0 fully saturated rings. The zero-order valence-electron chi connectivity index (χ0n) is 32.8. The molecule has 1 aliphatic carbocycles. The van der Waals surface area contributed by atoms with Gasteiger partial charge in [-0.3, -0.25) is 0 Å². The molecule has 1 aliphatic rings. The Hall–Kier alpha value is -6.70. The SMILES string of the molecule is Cc1ccc(C(=Cc2ccc(N(c3ccc(C=C(c4ccccc4)c4ccccc4)cc3)c3ccc4c(c3)CCCC4)c3ccccc23)c2ccc(C)cc2)cc1. The zero-order chi connectivity index (χ0) is 38.6. The monoisotopic (exact) mass is 733 g/mol. The van der Waals surface area contributed by atoms with E-state index in [1.54, 1.807) is 0 Å². The van der Waals surface area contributed by atoms with Crippen molar-refractivity contribution in [3.63, 3.8) is 0 Å². The molecule has 57 heavy (non-hydrogen) atoms. The number of anilines is 3. The van der Waals surface area contributed by atoms with Crippen molar-refractivity contribution < 1.29 is 0 Å². The lowest BCUT2D eigenvalue weighted by atomic mass is 9.91. The van der Waals surface area contributed by atoms with Crippen molar-refractivity contribution in [2.45, 2.75) is 39.5 Å². The van der Waals surface area contributed by atoms with Gasteiger partial charge >= 0.3 is 0 Å². The Balaban J connectivity index is 1.18. The number of rotatable bonds is 9. The second-order valence-electron chi connectivity index (χ2n) is 15.4. The predicted molar refractivity (Wildman–Crippen MR) is 244 cm³/mol. The molecule has 0 saturated carbocycles. The highest BCUT2D eigenvalue weighted by Crippen LogP contribution is 2.42. The van der Waals surface area contributed by atoms with E-state index in [-0.39, 0.29) is 0 Å². The van der Waals surface area contributed by atoms with Gasteiger partial charge in [0, 0.05) is 16.8 Å². The van der Waals surface area contributed by atoms with Crippen molar-refractivity contribution >= 4 is 51.1 Å². The molecule has 0 atom stereocenters. The van der Waals surface area contributed by atoms with Gasteiger partial charge < -0.3 is 4.90 Å². The lowest BCUT2D eigenvalue weighted by Crippen LogP contribution is -2.12. The van der Waals surface area contributed by atoms with Crippen LogP contribution >= 0.6 is 0 Å². The standard InChI is InChI=1S/C56H47N/c1-40-21-27-46(28-22-40)55(47-29-23-41(2)24-30-47)39-49-32-36-56(53-20-12-11-19-52(49)53)57(51-35-31-43-13-9-10-18-48(43)38-51)50-33-25-42(26-34-50)37-54(44-14-5-3-6-15-44)45-16-7-4-8-17-45/h3-8,11-12,14-17,19-39H,9-10,13,18H2,1-2H3. The molecule has 0 N–H and O–H groups in total. The molecule has 1 heteroatoms. The van der Waals surface area contributed by atoms with Gasteiger partial charge in [-0.2, -0.15) is 0 Å². The van der Waals surface area contributed by atoms with E-state index in [1.165, 1.54) is 96.2 Å². The van der Waals surface area contributed by atoms with Gasteiger partial charge in [0.05, 0.1) is 5.69 Å². The summed E-state index contributed by atoms with van der Waals surface area (Å²) in [6.07, 6.45) is 9.50. The first-order valence-electron chi connectivity index (χ1n) is 20.3. The topological polar surface area (TPSA) is 3.24 Å². The molecule has 0 saturated heterocycles. The Labute approximate surface area is 337 Å². The maximum atomic E-state index is 2.47. The van der Waals surface area contributed by atoms with Gasteiger partial charge in [-0.1, -0.05) is 169 Å². The van der Waals surface area contributed by atoms with E-state index in [1.807, 2.05) is 0 Å². The van der Waals surface area contributed by atoms with Crippen LogP contribution in [0.5, 0.6) is 0 Å². The van der Waals surface area contributed by atoms with Gasteiger partial charge in [-0.25, -0.2) is 0 Å². The quantitative estimate of drug-likeness (QED) is 0.134. The van der Waals surface area contributed by atoms with Crippen molar-refractivity contribution in [3.05, 3.63) is 244 Å². The van der Waals surface area contributed by atoms with E-state index >= 15 is 0 Å². The summed E-state index contributed by atoms with van der Waals surface area (Å²) in [5, 5.41) is 2.44. The molecule has 9 rings (SSSR count). The molecule has 0 bridgehead atoms. The summed E-state index contributed by atoms with van der Waals surface area (Å²) in [5.41, 5.74) is 18.6. The van der Waals surface area contributed by atoms with E-state index in [0.717, 1.165) is 24.1 Å². The first-order valence-corrected chi connectivity index (χ1v) is 20.3. The van der Waals surface area contributed by atoms with Crippen LogP contribution in [0.4, 0.5) is 17.1 Å². The number of aryl methyl sites for hydroxylation is 4. The van der Waals surface area contributed by atoms with Crippen molar-refractivity contribution in [2.75, 3.05) is 4.90 Å². The summed E-state index contributed by atoms with van der Waals surface area (Å²) in [4.78, 5) is 2.47. The Bertz CT molecular complexity index is 2610. The minimum Gasteiger partial charge on any atom is -0.310 e. The van der Waals surface area contributed by atoms with Gasteiger partial charge in [-0.15, -0.1) is 0 Å². The minimum atomic E-state index is 1.13. The molecule has 0 radical (unpaired) electrons. The Kier molecular flexibility index (Phi) is 10.2. The minimum absolute atomic E-state index is 1.13. The van der Waals surface area contributed by atoms with Crippen molar-refractivity contribution in [1.29, 1.82) is 0 Å². The summed E-state index contributed by atoms with van der Waals surface area (Å²) < 4.78 is 0. The van der Waals surface area contributed by atoms with Crippen molar-refractivity contribution in [3.8, 4) is 0 Å². The highest BCUT2D eigenvalue weighted by Gasteiger charge is 2.20. The van der Waals surface area contributed by atoms with Gasteiger partial charge in [0.15, 0.2) is 0 Å². The Morgan fingerprint density at radius 2 is 0.930 bits per heavy atom. The zero-order valence-corrected chi connectivity index (χ0v) is 32.8. The summed E-state index contributed by atoms with van der Waals surface area (Å²) in [6, 6.07) is 69.0. The first-order chi connectivity index (χ1) is 28.1. The molecule has 8 aromatic carbocycles. The third-order valence-electron chi connectivity index (χ3n) is 11.4. The fourth-order valence-electron chi connectivity index (χ4n) is 8.32. The Morgan fingerprint density at radius 3 is 1.54 bits per heavy atom. The predicted octanol–water partition coefficient (Wildman–Crippen LogP) is 15.0. The summed E-state index contributed by atoms with van der Waals surface area (Å²) in [5.74, 6) is 0. The van der Waals surface area contributed by atoms with Gasteiger partial charge in [-0.05, 0) is 143 Å². The normalized spacial score (nSPS) is 12.1. The molecule has 0 spiro atoms. The van der Waals surface area contributed by atoms with Gasteiger partial charge in [0.25, 0.3) is 0 Å². The third kappa shape index (κ3) is 7.75. The van der Waals surface area contributed by atoms with Crippen LogP contribution in [0.25, 0.3) is 34.1 Å². The second kappa shape index (κ2) is 16.2. The molecule has 0 unspecified atom stereocenters. The van der Waals surface area contributed by atoms with E-state index in [2.05, 4.69) is 219 Å². The highest BCUT2D eigenvalue weighted by molar-refractivity contribution is 6.06. The van der Waals surface area contributed by atoms with E-state index in [0.29, 0.717) is 0 Å². The molecule has 1 nitrogen and oxygen atoms in total. The molecule has 0 aliphatic heterocycles. The average Bonchev–Trinajstić information content (AvgIpc) is 3.27. The molecule has 0 amide bonds. The van der Waals surface area contributed by atoms with Crippen molar-refractivity contribution in [2.24, 2.45) is 0 Å². The molecular formula is C56H47N. The Morgan fingerprint density at radius 1 is 0.421 bits per heavy atom. The van der Waals surface area contributed by atoms with Gasteiger partial charge in [0.1, 0.15) is 0 Å². The fraction of sp³-hybridized carbons (Fsp3) is 0.107. The van der Waals surface area contributed by atoms with Crippen LogP contribution in [0, 0.1) is 13.8 Å². The van der Waals surface area contributed by atoms with Crippen molar-refractivity contribution in [1.82, 2.24) is 0 Å². The number of benzene rings is 8. The number of nitrogens with zero attached hydrogens (tertiary/aromatic N) is 1. The maximum absolute atomic E-state index is 2.47. The summed E-state index contributed by atoms with van der Waals surface area (Å²) >= 11 is 0. The fourth-order valence-corrected chi connectivity index (χ4v) is 8.32. The van der Waals surface area contributed by atoms with Crippen LogP contribution in [-0.4, -0.2) is 0 Å². The van der Waals surface area contributed by atoms with Crippen LogP contribution in [-0.2, 0) is 12.8 Å². The third-order valence-corrected chi connectivity index (χ3v) is 11.4. The molecular weight excluding hydrogens is 687 g/mol. The number of hydrogen-bond acceptors (Lipinski definition) is 1. The van der Waals surface area contributed by atoms with E-state index < -0.39 is 0 Å². The highest BCUT2D eigenvalue weighted by atomic mass is 15.1. The number of hydrogen-bond donors (Lipinski definition) is 0. The maximum Gasteiger partial charge on any atom is 0.0540 e. The lowest BCUT2D eigenvalue weighted by Gasteiger charge is -2.29. The first kappa shape index (κ1) is 36.0. The van der Waals surface area contributed by atoms with Crippen LogP contribution in [0.15, 0.2) is 188 Å². The summed E-state index contributed by atoms with van der Waals surface area (Å²) in [6.45, 7) is 4.30. The number of fused-ring (bicyclic) bond motifs is 2. The van der Waals surface area contributed by atoms with E-state index in [4.69, 9.17) is 0 Å². The molecule has 0 aromatic heterocycles. The molecule has 0 heterocycles. The smallest absolute Gasteiger partial charge is 0.0540 e. The average molecular weight is 734 g/mol. The van der Waals surface area contributed by atoms with E-state index in [9.17, 15) is 0 Å². The molecule has 8 aromatic rings. The van der Waals surface area contributed by atoms with Crippen LogP contribution in [0.3, 0.4) is 0 Å². The lowest BCUT2D eigenvalue weighted by molar-refractivity contribution is 0.685. The van der Waals surface area contributed by atoms with Crippen LogP contribution < -0.4 is 4.90 Å². The van der Waals surface area contributed by atoms with Gasteiger partial charge in [0.2, 0.25) is 0 Å². The van der Waals surface area contributed by atoms with Crippen LogP contribution in [0.2, 0.25) is 0 Å². The second-order valence-corrected chi connectivity index (χ2v) is 15.4. The summed E-state index contributed by atoms with van der Waals surface area (Å²) in [7, 11) is 0. The largest absolute Gasteiger partial charge is 0.310 e.